The number of fused-ring (bicyclic) bond motifs is 1. The van der Waals surface area contributed by atoms with Crippen molar-refractivity contribution < 1.29 is 8.78 Å². The van der Waals surface area contributed by atoms with E-state index < -0.39 is 5.92 Å². The molecule has 0 amide bonds. The summed E-state index contributed by atoms with van der Waals surface area (Å²) in [4.78, 5) is 10.9. The van der Waals surface area contributed by atoms with E-state index in [0.29, 0.717) is 23.6 Å². The third-order valence-electron chi connectivity index (χ3n) is 5.12. The van der Waals surface area contributed by atoms with Crippen molar-refractivity contribution >= 4 is 17.9 Å². The van der Waals surface area contributed by atoms with Crippen LogP contribution in [-0.4, -0.2) is 29.3 Å². The van der Waals surface area contributed by atoms with E-state index in [1.165, 1.54) is 0 Å². The molecule has 26 heavy (non-hydrogen) atoms. The highest BCUT2D eigenvalue weighted by atomic mass is 32.2. The SMILES string of the molecule is CSNC(C)c1cccc(-c2nc(N3CCC3)nc3c2CCC3(F)F)c1. The highest BCUT2D eigenvalue weighted by Gasteiger charge is 2.43. The van der Waals surface area contributed by atoms with Gasteiger partial charge in [0, 0.05) is 36.7 Å². The molecule has 1 aromatic carbocycles. The summed E-state index contributed by atoms with van der Waals surface area (Å²) in [6.45, 7) is 3.75. The third-order valence-corrected chi connectivity index (χ3v) is 5.71. The lowest BCUT2D eigenvalue weighted by Crippen LogP contribution is -2.38. The van der Waals surface area contributed by atoms with Crippen LogP contribution in [-0.2, 0) is 12.3 Å². The maximum absolute atomic E-state index is 14.4. The summed E-state index contributed by atoms with van der Waals surface area (Å²) in [6, 6.07) is 8.18. The van der Waals surface area contributed by atoms with E-state index in [4.69, 9.17) is 4.98 Å². The summed E-state index contributed by atoms with van der Waals surface area (Å²) in [5.41, 5.74) is 3.18. The Balaban J connectivity index is 1.81. The first kappa shape index (κ1) is 17.7. The van der Waals surface area contributed by atoms with E-state index in [9.17, 15) is 8.78 Å². The van der Waals surface area contributed by atoms with Crippen molar-refractivity contribution in [2.24, 2.45) is 0 Å². The van der Waals surface area contributed by atoms with E-state index in [1.807, 2.05) is 35.4 Å². The van der Waals surface area contributed by atoms with Gasteiger partial charge in [0.05, 0.1) is 5.69 Å². The van der Waals surface area contributed by atoms with Crippen LogP contribution in [0.4, 0.5) is 14.7 Å². The fraction of sp³-hybridized carbons (Fsp3) is 0.474. The Bertz CT molecular complexity index is 823. The second-order valence-corrected chi connectivity index (χ2v) is 7.56. The molecule has 2 heterocycles. The minimum absolute atomic E-state index is 0.0786. The van der Waals surface area contributed by atoms with Crippen LogP contribution in [0.2, 0.25) is 0 Å². The Hall–Kier alpha value is -1.73. The maximum atomic E-state index is 14.4. The summed E-state index contributed by atoms with van der Waals surface area (Å²) in [5.74, 6) is -2.43. The predicted molar refractivity (Wildman–Crippen MR) is 102 cm³/mol. The van der Waals surface area contributed by atoms with Gasteiger partial charge in [0.2, 0.25) is 5.95 Å². The third kappa shape index (κ3) is 3.07. The summed E-state index contributed by atoms with van der Waals surface area (Å²) < 4.78 is 32.1. The molecule has 1 aliphatic carbocycles. The molecule has 0 radical (unpaired) electrons. The van der Waals surface area contributed by atoms with Crippen molar-refractivity contribution in [2.45, 2.75) is 38.2 Å². The lowest BCUT2D eigenvalue weighted by atomic mass is 10.0. The highest BCUT2D eigenvalue weighted by molar-refractivity contribution is 7.96. The van der Waals surface area contributed by atoms with Crippen molar-refractivity contribution in [1.29, 1.82) is 0 Å². The summed E-state index contributed by atoms with van der Waals surface area (Å²) >= 11 is 1.56. The zero-order chi connectivity index (χ0) is 18.3. The molecule has 0 spiro atoms. The zero-order valence-electron chi connectivity index (χ0n) is 14.9. The molecule has 0 saturated carbocycles. The van der Waals surface area contributed by atoms with Crippen molar-refractivity contribution in [3.8, 4) is 11.3 Å². The number of nitrogens with one attached hydrogen (secondary N) is 1. The summed E-state index contributed by atoms with van der Waals surface area (Å²) in [7, 11) is 0. The van der Waals surface area contributed by atoms with E-state index in [1.54, 1.807) is 11.9 Å². The van der Waals surface area contributed by atoms with Gasteiger partial charge in [-0.15, -0.1) is 0 Å². The summed E-state index contributed by atoms with van der Waals surface area (Å²) in [6.07, 6.45) is 3.18. The van der Waals surface area contributed by atoms with Gasteiger partial charge in [0.15, 0.2) is 0 Å². The first-order valence-corrected chi connectivity index (χ1v) is 10.1. The van der Waals surface area contributed by atoms with Gasteiger partial charge >= 0.3 is 0 Å². The van der Waals surface area contributed by atoms with Crippen molar-refractivity contribution in [3.63, 3.8) is 0 Å². The van der Waals surface area contributed by atoms with Crippen LogP contribution < -0.4 is 9.62 Å². The number of hydrogen-bond donors (Lipinski definition) is 1. The monoisotopic (exact) mass is 376 g/mol. The Morgan fingerprint density at radius 1 is 1.27 bits per heavy atom. The van der Waals surface area contributed by atoms with Gasteiger partial charge < -0.3 is 4.90 Å². The molecule has 2 aromatic rings. The van der Waals surface area contributed by atoms with Crippen molar-refractivity contribution in [3.05, 3.63) is 41.1 Å². The van der Waals surface area contributed by atoms with Gasteiger partial charge in [0.25, 0.3) is 5.92 Å². The Labute approximate surface area is 156 Å². The Morgan fingerprint density at radius 3 is 2.77 bits per heavy atom. The molecule has 4 nitrogen and oxygen atoms in total. The smallest absolute Gasteiger partial charge is 0.290 e. The topological polar surface area (TPSA) is 41.1 Å². The molecule has 1 fully saturated rings. The average Bonchev–Trinajstić information content (AvgIpc) is 2.88. The Kier molecular flexibility index (Phi) is 4.61. The van der Waals surface area contributed by atoms with Crippen LogP contribution in [0.25, 0.3) is 11.3 Å². The van der Waals surface area contributed by atoms with Crippen LogP contribution in [0, 0.1) is 0 Å². The number of aromatic nitrogens is 2. The summed E-state index contributed by atoms with van der Waals surface area (Å²) in [5, 5.41) is 0. The van der Waals surface area contributed by atoms with Gasteiger partial charge in [0.1, 0.15) is 5.69 Å². The van der Waals surface area contributed by atoms with Gasteiger partial charge in [-0.3, -0.25) is 4.72 Å². The van der Waals surface area contributed by atoms with Gasteiger partial charge in [-0.05, 0) is 37.7 Å². The lowest BCUT2D eigenvalue weighted by Gasteiger charge is -2.31. The number of nitrogens with zero attached hydrogens (tertiary/aromatic N) is 3. The minimum Gasteiger partial charge on any atom is -0.341 e. The largest absolute Gasteiger partial charge is 0.341 e. The number of rotatable bonds is 5. The fourth-order valence-electron chi connectivity index (χ4n) is 3.51. The van der Waals surface area contributed by atoms with Crippen LogP contribution in [0.3, 0.4) is 0 Å². The number of benzene rings is 1. The first-order valence-electron chi connectivity index (χ1n) is 8.92. The normalized spacial score (nSPS) is 19.2. The number of halogens is 2. The molecule has 138 valence electrons. The van der Waals surface area contributed by atoms with Crippen molar-refractivity contribution in [2.75, 3.05) is 24.2 Å². The molecule has 1 aliphatic heterocycles. The fourth-order valence-corrected chi connectivity index (χ4v) is 4.00. The van der Waals surface area contributed by atoms with E-state index in [-0.39, 0.29) is 18.2 Å². The molecule has 1 atom stereocenters. The van der Waals surface area contributed by atoms with Crippen LogP contribution in [0.5, 0.6) is 0 Å². The molecule has 0 bridgehead atoms. The first-order chi connectivity index (χ1) is 12.5. The second-order valence-electron chi connectivity index (χ2n) is 6.91. The molecular weight excluding hydrogens is 354 g/mol. The van der Waals surface area contributed by atoms with Gasteiger partial charge in [-0.2, -0.15) is 8.78 Å². The predicted octanol–water partition coefficient (Wildman–Crippen LogP) is 4.32. The zero-order valence-corrected chi connectivity index (χ0v) is 15.7. The molecule has 1 N–H and O–H groups in total. The second kappa shape index (κ2) is 6.78. The molecule has 1 unspecified atom stereocenters. The average molecular weight is 376 g/mol. The number of anilines is 1. The van der Waals surface area contributed by atoms with Crippen LogP contribution in [0.1, 0.15) is 42.6 Å². The molecule has 1 aromatic heterocycles. The quantitative estimate of drug-likeness (QED) is 0.787. The Morgan fingerprint density at radius 2 is 2.08 bits per heavy atom. The molecule has 4 rings (SSSR count). The van der Waals surface area contributed by atoms with Crippen molar-refractivity contribution in [1.82, 2.24) is 14.7 Å². The van der Waals surface area contributed by atoms with E-state index >= 15 is 0 Å². The molecule has 7 heteroatoms. The van der Waals surface area contributed by atoms with E-state index in [0.717, 1.165) is 30.6 Å². The van der Waals surface area contributed by atoms with Crippen LogP contribution >= 0.6 is 11.9 Å². The minimum atomic E-state index is -2.86. The number of alkyl halides is 2. The number of hydrogen-bond acceptors (Lipinski definition) is 5. The molecule has 1 saturated heterocycles. The lowest BCUT2D eigenvalue weighted by molar-refractivity contribution is -0.00593. The molecule has 2 aliphatic rings. The molecular formula is C19H22F2N4S. The standard InChI is InChI=1S/C19H22F2N4S/c1-12(24-26-2)13-5-3-6-14(11-13)16-15-7-8-19(20,21)17(15)23-18(22-16)25-9-4-10-25/h3,5-6,11-12,24H,4,7-10H2,1-2H3. The maximum Gasteiger partial charge on any atom is 0.290 e. The van der Waals surface area contributed by atoms with Crippen LogP contribution in [0.15, 0.2) is 24.3 Å². The van der Waals surface area contributed by atoms with Gasteiger partial charge in [-0.25, -0.2) is 9.97 Å². The highest BCUT2D eigenvalue weighted by Crippen LogP contribution is 2.44. The van der Waals surface area contributed by atoms with Gasteiger partial charge in [-0.1, -0.05) is 30.1 Å². The van der Waals surface area contributed by atoms with E-state index in [2.05, 4.69) is 16.6 Å².